The molecular formula is C21H23F5O4S. The second kappa shape index (κ2) is 10.4. The largest absolute Gasteiger partial charge is 0.493 e. The van der Waals surface area contributed by atoms with E-state index in [-0.39, 0.29) is 54.8 Å². The predicted octanol–water partition coefficient (Wildman–Crippen LogP) is 7.02. The number of rotatable bonds is 10. The lowest BCUT2D eigenvalue weighted by Crippen LogP contribution is -2.18. The quantitative estimate of drug-likeness (QED) is 0.163. The molecular weight excluding hydrogens is 443 g/mol. The van der Waals surface area contributed by atoms with Gasteiger partial charge in [-0.3, -0.25) is 4.79 Å². The van der Waals surface area contributed by atoms with E-state index >= 15 is 0 Å². The van der Waals surface area contributed by atoms with Crippen LogP contribution in [-0.2, 0) is 15.7 Å². The Balaban J connectivity index is 1.90. The summed E-state index contributed by atoms with van der Waals surface area (Å²) in [6.07, 6.45) is -5.11. The first-order valence-corrected chi connectivity index (χ1v) is 10.2. The van der Waals surface area contributed by atoms with Gasteiger partial charge in [0.15, 0.2) is 0 Å². The van der Waals surface area contributed by atoms with Crippen molar-refractivity contribution in [1.29, 1.82) is 0 Å². The minimum Gasteiger partial charge on any atom is -0.493 e. The van der Waals surface area contributed by atoms with Gasteiger partial charge >= 0.3 is 12.1 Å². The number of carbonyl (C=O) groups is 1. The maximum Gasteiger partial charge on any atom is 0.421 e. The van der Waals surface area contributed by atoms with E-state index < -0.39 is 41.2 Å². The maximum absolute atomic E-state index is 13.9. The van der Waals surface area contributed by atoms with Gasteiger partial charge in [0.05, 0.1) is 13.2 Å². The lowest BCUT2D eigenvalue weighted by Gasteiger charge is -2.16. The van der Waals surface area contributed by atoms with Crippen molar-refractivity contribution in [3.63, 3.8) is 0 Å². The van der Waals surface area contributed by atoms with Crippen molar-refractivity contribution in [2.45, 2.75) is 58.1 Å². The molecule has 0 aliphatic carbocycles. The molecule has 172 valence electrons. The number of esters is 1. The summed E-state index contributed by atoms with van der Waals surface area (Å²) in [6.45, 7) is 2.88. The number of alkyl halides is 5. The molecule has 0 saturated heterocycles. The van der Waals surface area contributed by atoms with Crippen LogP contribution in [0.5, 0.6) is 5.75 Å². The van der Waals surface area contributed by atoms with Crippen molar-refractivity contribution in [2.75, 3.05) is 13.2 Å². The normalized spacial score (nSPS) is 12.2. The van der Waals surface area contributed by atoms with Crippen LogP contribution in [0.3, 0.4) is 0 Å². The van der Waals surface area contributed by atoms with E-state index in [1.807, 2.05) is 0 Å². The van der Waals surface area contributed by atoms with Crippen molar-refractivity contribution in [2.24, 2.45) is 0 Å². The third kappa shape index (κ3) is 7.15. The zero-order chi connectivity index (χ0) is 23.2. The molecule has 0 spiro atoms. The smallest absolute Gasteiger partial charge is 0.421 e. The zero-order valence-corrected chi connectivity index (χ0v) is 17.9. The van der Waals surface area contributed by atoms with Gasteiger partial charge in [0, 0.05) is 30.7 Å². The highest BCUT2D eigenvalue weighted by Gasteiger charge is 2.36. The number of hydrogen-bond donors (Lipinski definition) is 0. The van der Waals surface area contributed by atoms with Crippen molar-refractivity contribution in [3.05, 3.63) is 34.0 Å². The fraction of sp³-hybridized carbons (Fsp3) is 0.524. The molecule has 0 amide bonds. The highest BCUT2D eigenvalue weighted by Crippen LogP contribution is 2.37. The first-order chi connectivity index (χ1) is 14.4. The van der Waals surface area contributed by atoms with E-state index in [0.29, 0.717) is 0 Å². The number of aryl methyl sites for hydroxylation is 1. The molecule has 0 fully saturated rings. The Labute approximate surface area is 181 Å². The van der Waals surface area contributed by atoms with Crippen molar-refractivity contribution in [3.8, 4) is 5.75 Å². The third-order valence-electron chi connectivity index (χ3n) is 4.62. The molecule has 0 radical (unpaired) electrons. The molecule has 0 bridgehead atoms. The lowest BCUT2D eigenvalue weighted by molar-refractivity contribution is -0.144. The Kier molecular flexibility index (Phi) is 8.39. The Bertz CT molecular complexity index is 969. The van der Waals surface area contributed by atoms with Crippen molar-refractivity contribution < 1.29 is 40.6 Å². The summed E-state index contributed by atoms with van der Waals surface area (Å²) >= 11 is 4.73. The van der Waals surface area contributed by atoms with Gasteiger partial charge in [-0.25, -0.2) is 8.78 Å². The molecule has 10 heteroatoms. The number of ether oxygens (including phenoxy) is 2. The average molecular weight is 466 g/mol. The molecule has 0 atom stereocenters. The molecule has 0 unspecified atom stereocenters. The van der Waals surface area contributed by atoms with Gasteiger partial charge in [0.25, 0.3) is 0 Å². The van der Waals surface area contributed by atoms with Gasteiger partial charge < -0.3 is 13.9 Å². The molecule has 4 nitrogen and oxygen atoms in total. The Morgan fingerprint density at radius 1 is 1.10 bits per heavy atom. The molecule has 1 heterocycles. The van der Waals surface area contributed by atoms with Crippen LogP contribution in [0.1, 0.15) is 50.2 Å². The van der Waals surface area contributed by atoms with Crippen LogP contribution in [0.15, 0.2) is 22.6 Å². The number of carbonyl (C=O) groups excluding carboxylic acids is 1. The molecule has 0 N–H and O–H groups in total. The van der Waals surface area contributed by atoms with Crippen LogP contribution in [0.4, 0.5) is 22.0 Å². The van der Waals surface area contributed by atoms with Crippen LogP contribution in [-0.4, -0.2) is 25.1 Å². The summed E-state index contributed by atoms with van der Waals surface area (Å²) in [4.78, 5) is 11.0. The minimum absolute atomic E-state index is 0.00767. The molecule has 2 aromatic rings. The lowest BCUT2D eigenvalue weighted by atomic mass is 10.1. The summed E-state index contributed by atoms with van der Waals surface area (Å²) in [7, 11) is 0. The van der Waals surface area contributed by atoms with Crippen molar-refractivity contribution >= 4 is 29.2 Å². The van der Waals surface area contributed by atoms with E-state index in [4.69, 9.17) is 26.1 Å². The summed E-state index contributed by atoms with van der Waals surface area (Å²) in [5, 5.41) is 0.239. The summed E-state index contributed by atoms with van der Waals surface area (Å²) in [5.41, 5.74) is -0.912. The Morgan fingerprint density at radius 2 is 1.74 bits per heavy atom. The fourth-order valence-electron chi connectivity index (χ4n) is 3.02. The Morgan fingerprint density at radius 3 is 2.35 bits per heavy atom. The second-order valence-corrected chi connectivity index (χ2v) is 7.40. The fourth-order valence-corrected chi connectivity index (χ4v) is 3.38. The van der Waals surface area contributed by atoms with Crippen LogP contribution < -0.4 is 4.74 Å². The molecule has 0 aliphatic rings. The Hall–Kier alpha value is -2.23. The number of hydrogen-bond acceptors (Lipinski definition) is 5. The average Bonchev–Trinajstić information content (AvgIpc) is 2.67. The topological polar surface area (TPSA) is 48.7 Å². The van der Waals surface area contributed by atoms with Crippen LogP contribution in [0.25, 0.3) is 11.0 Å². The summed E-state index contributed by atoms with van der Waals surface area (Å²) in [5.74, 6) is -3.06. The van der Waals surface area contributed by atoms with E-state index in [1.165, 1.54) is 25.1 Å². The van der Waals surface area contributed by atoms with E-state index in [1.54, 1.807) is 6.92 Å². The van der Waals surface area contributed by atoms with Gasteiger partial charge in [0.2, 0.25) is 10.6 Å². The predicted molar refractivity (Wildman–Crippen MR) is 107 cm³/mol. The number of fused-ring (bicyclic) bond motifs is 1. The molecule has 1 aromatic heterocycles. The second-order valence-electron chi connectivity index (χ2n) is 7.03. The SMILES string of the molecule is CCC(=O)OCCCC(F)(F)CCCOc1ccc2c(C)c(C(F)(F)F)c(=S)oc2c1. The highest BCUT2D eigenvalue weighted by molar-refractivity contribution is 7.71. The number of halogens is 5. The monoisotopic (exact) mass is 466 g/mol. The maximum atomic E-state index is 13.9. The van der Waals surface area contributed by atoms with Gasteiger partial charge in [-0.05, 0) is 49.7 Å². The standard InChI is InChI=1S/C21H23F5O4S/c1-3-17(27)29-11-5-9-20(22,23)8-4-10-28-14-6-7-15-13(2)18(21(24,25)26)19(31)30-16(15)12-14/h6-7,12H,3-5,8-11H2,1-2H3. The summed E-state index contributed by atoms with van der Waals surface area (Å²) < 4.78 is 81.8. The van der Waals surface area contributed by atoms with E-state index in [9.17, 15) is 26.7 Å². The number of benzene rings is 1. The van der Waals surface area contributed by atoms with Crippen LogP contribution in [0, 0.1) is 11.6 Å². The van der Waals surface area contributed by atoms with Gasteiger partial charge in [-0.1, -0.05) is 6.92 Å². The van der Waals surface area contributed by atoms with Crippen LogP contribution >= 0.6 is 12.2 Å². The minimum atomic E-state index is -4.63. The first-order valence-electron chi connectivity index (χ1n) is 9.75. The molecule has 0 aliphatic heterocycles. The molecule has 1 aromatic carbocycles. The first kappa shape index (κ1) is 25.0. The van der Waals surface area contributed by atoms with E-state index in [2.05, 4.69) is 0 Å². The van der Waals surface area contributed by atoms with Gasteiger partial charge in [-0.15, -0.1) is 0 Å². The zero-order valence-electron chi connectivity index (χ0n) is 17.1. The van der Waals surface area contributed by atoms with E-state index in [0.717, 1.165) is 0 Å². The summed E-state index contributed by atoms with van der Waals surface area (Å²) in [6, 6.07) is 4.26. The highest BCUT2D eigenvalue weighted by atomic mass is 32.1. The van der Waals surface area contributed by atoms with Gasteiger partial charge in [-0.2, -0.15) is 13.2 Å². The molecule has 2 rings (SSSR count). The molecule has 31 heavy (non-hydrogen) atoms. The van der Waals surface area contributed by atoms with Crippen LogP contribution in [0.2, 0.25) is 0 Å². The third-order valence-corrected chi connectivity index (χ3v) is 4.90. The van der Waals surface area contributed by atoms with Gasteiger partial charge in [0.1, 0.15) is 16.9 Å². The molecule has 0 saturated carbocycles. The van der Waals surface area contributed by atoms with Crippen molar-refractivity contribution in [1.82, 2.24) is 0 Å².